The molecule has 1 unspecified atom stereocenters. The van der Waals surface area contributed by atoms with Crippen LogP contribution in [0.4, 0.5) is 5.82 Å². The summed E-state index contributed by atoms with van der Waals surface area (Å²) in [4.78, 5) is 13.6. The maximum atomic E-state index is 5.57. The van der Waals surface area contributed by atoms with Crippen LogP contribution >= 0.6 is 0 Å². The van der Waals surface area contributed by atoms with E-state index < -0.39 is 0 Å². The first-order chi connectivity index (χ1) is 12.2. The first-order valence-electron chi connectivity index (χ1n) is 8.61. The Balaban J connectivity index is 1.54. The number of hydrogen-bond acceptors (Lipinski definition) is 8. The molecule has 0 aliphatic carbocycles. The van der Waals surface area contributed by atoms with Crippen molar-refractivity contribution in [2.24, 2.45) is 7.05 Å². The topological polar surface area (TPSA) is 104 Å². The Kier molecular flexibility index (Phi) is 4.31. The summed E-state index contributed by atoms with van der Waals surface area (Å²) in [6.45, 7) is 3.28. The Morgan fingerprint density at radius 1 is 1.28 bits per heavy atom. The van der Waals surface area contributed by atoms with Crippen LogP contribution in [-0.2, 0) is 24.8 Å². The van der Waals surface area contributed by atoms with Gasteiger partial charge in [-0.25, -0.2) is 9.97 Å². The molecule has 1 aliphatic rings. The number of fused-ring (bicyclic) bond motifs is 1. The van der Waals surface area contributed by atoms with E-state index in [4.69, 9.17) is 9.26 Å². The molecule has 9 nitrogen and oxygen atoms in total. The summed E-state index contributed by atoms with van der Waals surface area (Å²) in [5.41, 5.74) is 0.814. The summed E-state index contributed by atoms with van der Waals surface area (Å²) in [6.07, 6.45) is 5.46. The average molecular weight is 343 g/mol. The normalized spacial score (nSPS) is 17.4. The first-order valence-corrected chi connectivity index (χ1v) is 8.61. The van der Waals surface area contributed by atoms with Crippen LogP contribution < -0.4 is 5.32 Å². The Morgan fingerprint density at radius 2 is 2.20 bits per heavy atom. The van der Waals surface area contributed by atoms with Gasteiger partial charge in [-0.3, -0.25) is 4.68 Å². The molecule has 25 heavy (non-hydrogen) atoms. The SMILES string of the molecule is CCCc1nc(NCc2noc(C3CCCO3)n2)c2cnn(C)c2n1. The lowest BCUT2D eigenvalue weighted by molar-refractivity contribution is 0.0835. The van der Waals surface area contributed by atoms with Crippen LogP contribution in [0.5, 0.6) is 0 Å². The van der Waals surface area contributed by atoms with Gasteiger partial charge in [0.05, 0.1) is 18.1 Å². The van der Waals surface area contributed by atoms with E-state index in [-0.39, 0.29) is 6.10 Å². The van der Waals surface area contributed by atoms with Crippen LogP contribution in [0.2, 0.25) is 0 Å². The highest BCUT2D eigenvalue weighted by Crippen LogP contribution is 2.27. The molecule has 1 atom stereocenters. The van der Waals surface area contributed by atoms with Crippen LogP contribution in [0.1, 0.15) is 49.8 Å². The van der Waals surface area contributed by atoms with Crippen LogP contribution in [-0.4, -0.2) is 36.5 Å². The van der Waals surface area contributed by atoms with Gasteiger partial charge >= 0.3 is 0 Å². The molecule has 0 spiro atoms. The van der Waals surface area contributed by atoms with Crippen molar-refractivity contribution in [3.63, 3.8) is 0 Å². The lowest BCUT2D eigenvalue weighted by Gasteiger charge is -2.07. The van der Waals surface area contributed by atoms with Crippen LogP contribution in [0, 0.1) is 0 Å². The van der Waals surface area contributed by atoms with Gasteiger partial charge in [-0.15, -0.1) is 0 Å². The molecular formula is C16H21N7O2. The number of aryl methyl sites for hydroxylation is 2. The zero-order valence-electron chi connectivity index (χ0n) is 14.4. The molecule has 0 radical (unpaired) electrons. The van der Waals surface area contributed by atoms with E-state index in [1.165, 1.54) is 0 Å². The van der Waals surface area contributed by atoms with Gasteiger partial charge in [-0.1, -0.05) is 12.1 Å². The fourth-order valence-corrected chi connectivity index (χ4v) is 2.94. The minimum Gasteiger partial charge on any atom is -0.368 e. The number of ether oxygens (including phenoxy) is 1. The summed E-state index contributed by atoms with van der Waals surface area (Å²) in [7, 11) is 1.88. The highest BCUT2D eigenvalue weighted by Gasteiger charge is 2.23. The maximum absolute atomic E-state index is 5.57. The molecular weight excluding hydrogens is 322 g/mol. The van der Waals surface area contributed by atoms with E-state index >= 15 is 0 Å². The Bertz CT molecular complexity index is 867. The van der Waals surface area contributed by atoms with Crippen LogP contribution in [0.25, 0.3) is 11.0 Å². The zero-order chi connectivity index (χ0) is 17.2. The Labute approximate surface area is 144 Å². The molecule has 4 heterocycles. The summed E-state index contributed by atoms with van der Waals surface area (Å²) in [5.74, 6) is 2.67. The number of hydrogen-bond donors (Lipinski definition) is 1. The molecule has 0 aromatic carbocycles. The van der Waals surface area contributed by atoms with Crippen molar-refractivity contribution in [2.75, 3.05) is 11.9 Å². The lowest BCUT2D eigenvalue weighted by Crippen LogP contribution is -2.07. The zero-order valence-corrected chi connectivity index (χ0v) is 14.4. The molecule has 1 fully saturated rings. The Hall–Kier alpha value is -2.55. The minimum atomic E-state index is -0.0681. The molecule has 1 saturated heterocycles. The van der Waals surface area contributed by atoms with E-state index in [1.807, 2.05) is 7.05 Å². The molecule has 1 aliphatic heterocycles. The second kappa shape index (κ2) is 6.75. The quantitative estimate of drug-likeness (QED) is 0.726. The second-order valence-corrected chi connectivity index (χ2v) is 6.15. The monoisotopic (exact) mass is 343 g/mol. The Morgan fingerprint density at radius 3 is 3.00 bits per heavy atom. The predicted molar refractivity (Wildman–Crippen MR) is 89.9 cm³/mol. The van der Waals surface area contributed by atoms with E-state index in [1.54, 1.807) is 10.9 Å². The van der Waals surface area contributed by atoms with E-state index in [2.05, 4.69) is 37.4 Å². The second-order valence-electron chi connectivity index (χ2n) is 6.15. The van der Waals surface area contributed by atoms with Crippen LogP contribution in [0.15, 0.2) is 10.7 Å². The predicted octanol–water partition coefficient (Wildman–Crippen LogP) is 2.16. The fourth-order valence-electron chi connectivity index (χ4n) is 2.94. The summed E-state index contributed by atoms with van der Waals surface area (Å²) in [5, 5.41) is 12.5. The summed E-state index contributed by atoms with van der Waals surface area (Å²) >= 11 is 0. The highest BCUT2D eigenvalue weighted by molar-refractivity contribution is 5.86. The van der Waals surface area contributed by atoms with E-state index in [9.17, 15) is 0 Å². The number of aromatic nitrogens is 6. The van der Waals surface area contributed by atoms with Gasteiger partial charge in [0.15, 0.2) is 11.5 Å². The van der Waals surface area contributed by atoms with Gasteiger partial charge in [0.25, 0.3) is 5.89 Å². The van der Waals surface area contributed by atoms with E-state index in [0.717, 1.165) is 55.0 Å². The largest absolute Gasteiger partial charge is 0.368 e. The smallest absolute Gasteiger partial charge is 0.255 e. The van der Waals surface area contributed by atoms with Crippen molar-refractivity contribution in [2.45, 2.75) is 45.3 Å². The molecule has 0 bridgehead atoms. The number of rotatable bonds is 6. The third kappa shape index (κ3) is 3.19. The van der Waals surface area contributed by atoms with Gasteiger partial charge < -0.3 is 14.6 Å². The third-order valence-corrected chi connectivity index (χ3v) is 4.21. The molecule has 3 aromatic heterocycles. The fraction of sp³-hybridized carbons (Fsp3) is 0.562. The van der Waals surface area contributed by atoms with Gasteiger partial charge in [-0.05, 0) is 19.3 Å². The van der Waals surface area contributed by atoms with Crippen molar-refractivity contribution in [3.8, 4) is 0 Å². The average Bonchev–Trinajstić information content (AvgIpc) is 3.34. The van der Waals surface area contributed by atoms with Crippen molar-refractivity contribution in [1.29, 1.82) is 0 Å². The van der Waals surface area contributed by atoms with Gasteiger partial charge in [-0.2, -0.15) is 10.1 Å². The number of anilines is 1. The molecule has 3 aromatic rings. The summed E-state index contributed by atoms with van der Waals surface area (Å²) < 4.78 is 12.6. The van der Waals surface area contributed by atoms with Gasteiger partial charge in [0.1, 0.15) is 17.7 Å². The van der Waals surface area contributed by atoms with Gasteiger partial charge in [0, 0.05) is 20.1 Å². The van der Waals surface area contributed by atoms with Gasteiger partial charge in [0.2, 0.25) is 0 Å². The van der Waals surface area contributed by atoms with Crippen molar-refractivity contribution in [3.05, 3.63) is 23.7 Å². The molecule has 0 amide bonds. The summed E-state index contributed by atoms with van der Waals surface area (Å²) in [6, 6.07) is 0. The molecule has 4 rings (SSSR count). The third-order valence-electron chi connectivity index (χ3n) is 4.21. The van der Waals surface area contributed by atoms with Crippen molar-refractivity contribution in [1.82, 2.24) is 29.9 Å². The van der Waals surface area contributed by atoms with E-state index in [0.29, 0.717) is 18.3 Å². The minimum absolute atomic E-state index is 0.0681. The van der Waals surface area contributed by atoms with Crippen molar-refractivity contribution < 1.29 is 9.26 Å². The lowest BCUT2D eigenvalue weighted by atomic mass is 10.2. The standard InChI is InChI=1S/C16H21N7O2/c1-3-5-12-19-14(10-8-18-23(2)15(10)20-12)17-9-13-21-16(25-22-13)11-6-4-7-24-11/h8,11H,3-7,9H2,1-2H3,(H,17,19,20). The molecule has 9 heteroatoms. The highest BCUT2D eigenvalue weighted by atomic mass is 16.5. The number of nitrogens with one attached hydrogen (secondary N) is 1. The molecule has 132 valence electrons. The van der Waals surface area contributed by atoms with Crippen molar-refractivity contribution >= 4 is 16.9 Å². The first kappa shape index (κ1) is 15.9. The maximum Gasteiger partial charge on any atom is 0.255 e. The molecule has 0 saturated carbocycles. The number of nitrogens with zero attached hydrogens (tertiary/aromatic N) is 6. The molecule has 1 N–H and O–H groups in total. The van der Waals surface area contributed by atoms with Crippen LogP contribution in [0.3, 0.4) is 0 Å².